The first-order valence-electron chi connectivity index (χ1n) is 8.49. The molecule has 23 heavy (non-hydrogen) atoms. The van der Waals surface area contributed by atoms with Crippen LogP contribution in [0.5, 0.6) is 0 Å². The molecule has 1 fully saturated rings. The highest BCUT2D eigenvalue weighted by Gasteiger charge is 2.25. The van der Waals surface area contributed by atoms with Gasteiger partial charge in [-0.1, -0.05) is 0 Å². The summed E-state index contributed by atoms with van der Waals surface area (Å²) in [7, 11) is 0. The van der Waals surface area contributed by atoms with E-state index in [1.54, 1.807) is 13.3 Å². The summed E-state index contributed by atoms with van der Waals surface area (Å²) in [6.45, 7) is 1.60. The molecule has 0 aliphatic heterocycles. The van der Waals surface area contributed by atoms with Crippen LogP contribution >= 0.6 is 11.3 Å². The number of hydrogen-bond donors (Lipinski definition) is 2. The Balaban J connectivity index is 1.50. The van der Waals surface area contributed by atoms with E-state index in [4.69, 9.17) is 0 Å². The van der Waals surface area contributed by atoms with E-state index in [2.05, 4.69) is 20.6 Å². The number of nitrogens with one attached hydrogen (secondary N) is 2. The predicted molar refractivity (Wildman–Crippen MR) is 92.9 cm³/mol. The van der Waals surface area contributed by atoms with Crippen molar-refractivity contribution in [3.63, 3.8) is 0 Å². The first kappa shape index (κ1) is 14.9. The second kappa shape index (κ2) is 6.07. The lowest BCUT2D eigenvalue weighted by Gasteiger charge is -2.29. The van der Waals surface area contributed by atoms with E-state index in [0.717, 1.165) is 42.8 Å². The molecule has 0 saturated heterocycles. The zero-order valence-electron chi connectivity index (χ0n) is 13.4. The van der Waals surface area contributed by atoms with Crippen molar-refractivity contribution in [1.29, 1.82) is 0 Å². The second-order valence-electron chi connectivity index (χ2n) is 6.65. The van der Waals surface area contributed by atoms with Gasteiger partial charge in [-0.25, -0.2) is 9.97 Å². The molecule has 1 amide bonds. The third-order valence-electron chi connectivity index (χ3n) is 4.98. The summed E-state index contributed by atoms with van der Waals surface area (Å²) in [6, 6.07) is 0.774. The average molecular weight is 330 g/mol. The van der Waals surface area contributed by atoms with E-state index in [1.807, 2.05) is 11.3 Å². The molecule has 122 valence electrons. The molecule has 0 bridgehead atoms. The van der Waals surface area contributed by atoms with Gasteiger partial charge < -0.3 is 10.6 Å². The number of nitrogens with zero attached hydrogens (tertiary/aromatic N) is 2. The number of carbonyl (C=O) groups is 1. The number of rotatable bonds is 3. The van der Waals surface area contributed by atoms with Crippen molar-refractivity contribution in [2.45, 2.75) is 64.0 Å². The van der Waals surface area contributed by atoms with Crippen molar-refractivity contribution in [3.8, 4) is 0 Å². The third kappa shape index (κ3) is 2.92. The SMILES string of the molecule is CC(=O)N[C@H]1CC[C@H](Nc2ncnc3sc4c(c23)CCC4)CC1. The van der Waals surface area contributed by atoms with E-state index in [9.17, 15) is 4.79 Å². The van der Waals surface area contributed by atoms with Crippen molar-refractivity contribution < 1.29 is 4.79 Å². The normalized spacial score (nSPS) is 23.7. The maximum atomic E-state index is 11.2. The molecule has 0 spiro atoms. The summed E-state index contributed by atoms with van der Waals surface area (Å²) in [6.07, 6.45) is 9.50. The number of aryl methyl sites for hydroxylation is 2. The summed E-state index contributed by atoms with van der Waals surface area (Å²) in [5.41, 5.74) is 1.47. The highest BCUT2D eigenvalue weighted by molar-refractivity contribution is 7.19. The van der Waals surface area contributed by atoms with Gasteiger partial charge in [0, 0.05) is 23.9 Å². The smallest absolute Gasteiger partial charge is 0.217 e. The van der Waals surface area contributed by atoms with E-state index in [1.165, 1.54) is 28.7 Å². The van der Waals surface area contributed by atoms with Crippen LogP contribution in [-0.4, -0.2) is 28.0 Å². The number of fused-ring (bicyclic) bond motifs is 3. The lowest BCUT2D eigenvalue weighted by molar-refractivity contribution is -0.119. The monoisotopic (exact) mass is 330 g/mol. The molecule has 2 aliphatic carbocycles. The van der Waals surface area contributed by atoms with Gasteiger partial charge in [0.1, 0.15) is 17.0 Å². The fourth-order valence-electron chi connectivity index (χ4n) is 3.90. The molecule has 2 N–H and O–H groups in total. The Kier molecular flexibility index (Phi) is 3.93. The molecule has 0 atom stereocenters. The molecule has 0 aromatic carbocycles. The Morgan fingerprint density at radius 1 is 1.17 bits per heavy atom. The molecule has 2 aliphatic rings. The standard InChI is InChI=1S/C17H22N4OS/c1-10(22)20-11-5-7-12(8-6-11)21-16-15-13-3-2-4-14(13)23-17(15)19-9-18-16/h9,11-12H,2-8H2,1H3,(H,20,22)(H,18,19,21)/t11-,12-. The van der Waals surface area contributed by atoms with Crippen LogP contribution in [0.4, 0.5) is 5.82 Å². The van der Waals surface area contributed by atoms with Crippen LogP contribution in [0.2, 0.25) is 0 Å². The second-order valence-corrected chi connectivity index (χ2v) is 7.74. The highest BCUT2D eigenvalue weighted by Crippen LogP contribution is 2.39. The van der Waals surface area contributed by atoms with Crippen LogP contribution in [-0.2, 0) is 17.6 Å². The maximum absolute atomic E-state index is 11.2. The topological polar surface area (TPSA) is 66.9 Å². The average Bonchev–Trinajstić information content (AvgIpc) is 3.09. The Morgan fingerprint density at radius 2 is 1.96 bits per heavy atom. The van der Waals surface area contributed by atoms with Crippen LogP contribution in [0, 0.1) is 0 Å². The quantitative estimate of drug-likeness (QED) is 0.908. The van der Waals surface area contributed by atoms with Crippen molar-refractivity contribution in [1.82, 2.24) is 15.3 Å². The molecule has 5 nitrogen and oxygen atoms in total. The molecular weight excluding hydrogens is 308 g/mol. The summed E-state index contributed by atoms with van der Waals surface area (Å²) >= 11 is 1.83. The van der Waals surface area contributed by atoms with Crippen LogP contribution in [0.1, 0.15) is 49.5 Å². The number of thiophene rings is 1. The molecule has 2 heterocycles. The highest BCUT2D eigenvalue weighted by atomic mass is 32.1. The minimum atomic E-state index is 0.0766. The van der Waals surface area contributed by atoms with Crippen molar-refractivity contribution in [2.24, 2.45) is 0 Å². The number of amides is 1. The summed E-state index contributed by atoms with van der Waals surface area (Å²) in [4.78, 5) is 22.8. The molecule has 2 aromatic heterocycles. The van der Waals surface area contributed by atoms with Gasteiger partial charge in [0.15, 0.2) is 0 Å². The van der Waals surface area contributed by atoms with E-state index < -0.39 is 0 Å². The Bertz CT molecular complexity index is 734. The van der Waals surface area contributed by atoms with E-state index >= 15 is 0 Å². The zero-order chi connectivity index (χ0) is 15.8. The summed E-state index contributed by atoms with van der Waals surface area (Å²) in [5, 5.41) is 7.95. The van der Waals surface area contributed by atoms with Gasteiger partial charge in [-0.2, -0.15) is 0 Å². The van der Waals surface area contributed by atoms with Crippen LogP contribution in [0.25, 0.3) is 10.2 Å². The Labute approximate surface area is 139 Å². The molecule has 1 saturated carbocycles. The predicted octanol–water partition coefficient (Wildman–Crippen LogP) is 3.04. The first-order chi connectivity index (χ1) is 11.2. The van der Waals surface area contributed by atoms with Gasteiger partial charge in [0.25, 0.3) is 0 Å². The van der Waals surface area contributed by atoms with Crippen molar-refractivity contribution in [2.75, 3.05) is 5.32 Å². The van der Waals surface area contributed by atoms with Crippen LogP contribution < -0.4 is 10.6 Å². The van der Waals surface area contributed by atoms with Crippen LogP contribution in [0.3, 0.4) is 0 Å². The summed E-state index contributed by atoms with van der Waals surface area (Å²) < 4.78 is 0. The molecular formula is C17H22N4OS. The largest absolute Gasteiger partial charge is 0.367 e. The zero-order valence-corrected chi connectivity index (χ0v) is 14.2. The van der Waals surface area contributed by atoms with Gasteiger partial charge in [0.05, 0.1) is 5.39 Å². The van der Waals surface area contributed by atoms with Crippen molar-refractivity contribution in [3.05, 3.63) is 16.8 Å². The Hall–Kier alpha value is -1.69. The maximum Gasteiger partial charge on any atom is 0.217 e. The molecule has 4 rings (SSSR count). The van der Waals surface area contributed by atoms with Crippen molar-refractivity contribution >= 4 is 33.3 Å². The van der Waals surface area contributed by atoms with Crippen LogP contribution in [0.15, 0.2) is 6.33 Å². The minimum absolute atomic E-state index is 0.0766. The van der Waals surface area contributed by atoms with Gasteiger partial charge in [0.2, 0.25) is 5.91 Å². The lowest BCUT2D eigenvalue weighted by atomic mass is 9.91. The molecule has 6 heteroatoms. The number of carbonyl (C=O) groups excluding carboxylic acids is 1. The number of aromatic nitrogens is 2. The third-order valence-corrected chi connectivity index (χ3v) is 6.18. The van der Waals surface area contributed by atoms with E-state index in [-0.39, 0.29) is 5.91 Å². The minimum Gasteiger partial charge on any atom is -0.367 e. The van der Waals surface area contributed by atoms with Gasteiger partial charge in [-0.3, -0.25) is 4.79 Å². The number of anilines is 1. The molecule has 2 aromatic rings. The molecule has 0 radical (unpaired) electrons. The fraction of sp³-hybridized carbons (Fsp3) is 0.588. The number of hydrogen-bond acceptors (Lipinski definition) is 5. The van der Waals surface area contributed by atoms with Gasteiger partial charge in [-0.05, 0) is 50.5 Å². The fourth-order valence-corrected chi connectivity index (χ4v) is 5.13. The Morgan fingerprint density at radius 3 is 2.74 bits per heavy atom. The van der Waals surface area contributed by atoms with E-state index in [0.29, 0.717) is 12.1 Å². The molecule has 0 unspecified atom stereocenters. The summed E-state index contributed by atoms with van der Waals surface area (Å²) in [5.74, 6) is 1.09. The van der Waals surface area contributed by atoms with Gasteiger partial charge in [-0.15, -0.1) is 11.3 Å². The first-order valence-corrected chi connectivity index (χ1v) is 9.31. The van der Waals surface area contributed by atoms with Gasteiger partial charge >= 0.3 is 0 Å². The lowest BCUT2D eigenvalue weighted by Crippen LogP contribution is -2.39.